The van der Waals surface area contributed by atoms with Crippen molar-refractivity contribution in [2.75, 3.05) is 11.8 Å². The lowest BCUT2D eigenvalue weighted by molar-refractivity contribution is 0.597. The molecule has 0 aliphatic heterocycles. The lowest BCUT2D eigenvalue weighted by Crippen LogP contribution is -2.15. The Morgan fingerprint density at radius 2 is 2.28 bits per heavy atom. The maximum absolute atomic E-state index is 11.9. The Balaban J connectivity index is 2.17. The van der Waals surface area contributed by atoms with Crippen LogP contribution >= 0.6 is 11.3 Å². The number of hydrogen-bond acceptors (Lipinski definition) is 6. The number of nitrogens with zero attached hydrogens (tertiary/aromatic N) is 2. The molecule has 2 rings (SSSR count). The molecule has 0 spiro atoms. The Bertz CT molecular complexity index is 605. The van der Waals surface area contributed by atoms with Gasteiger partial charge in [0.15, 0.2) is 10.2 Å². The van der Waals surface area contributed by atoms with E-state index in [1.54, 1.807) is 0 Å². The molecule has 0 aromatic carbocycles. The van der Waals surface area contributed by atoms with Crippen molar-refractivity contribution in [3.63, 3.8) is 0 Å². The van der Waals surface area contributed by atoms with Crippen LogP contribution in [-0.4, -0.2) is 30.6 Å². The molecule has 0 fully saturated rings. The summed E-state index contributed by atoms with van der Waals surface area (Å²) in [6, 6.07) is 1.46. The van der Waals surface area contributed by atoms with Crippen LogP contribution in [0.1, 0.15) is 18.7 Å². The summed E-state index contributed by atoms with van der Waals surface area (Å²) in [4.78, 5) is 4.21. The average molecular weight is 287 g/mol. The summed E-state index contributed by atoms with van der Waals surface area (Å²) in [5.41, 5.74) is 0.796. The predicted molar refractivity (Wildman–Crippen MR) is 69.0 cm³/mol. The first kappa shape index (κ1) is 13.0. The van der Waals surface area contributed by atoms with Crippen molar-refractivity contribution in [3.8, 4) is 0 Å². The van der Waals surface area contributed by atoms with Gasteiger partial charge in [0.2, 0.25) is 0 Å². The molecule has 3 N–H and O–H groups in total. The maximum atomic E-state index is 11.9. The highest BCUT2D eigenvalue weighted by Gasteiger charge is 2.18. The second-order valence-corrected chi connectivity index (χ2v) is 6.12. The van der Waals surface area contributed by atoms with Crippen molar-refractivity contribution in [2.45, 2.75) is 18.0 Å². The Labute approximate surface area is 109 Å². The van der Waals surface area contributed by atoms with Crippen LogP contribution in [0.25, 0.3) is 0 Å². The number of aromatic amines is 1. The first-order chi connectivity index (χ1) is 8.53. The average Bonchev–Trinajstić information content (AvgIpc) is 2.97. The topological polar surface area (TPSA) is 99.8 Å². The standard InChI is InChI=1S/C9H13N5O2S2/c1-6(10-2)7-5-17-9(12-7)14-18(15,16)8-3-4-11-13-8/h3-6,10H,1-2H3,(H,11,13)(H,12,14). The molecule has 18 heavy (non-hydrogen) atoms. The van der Waals surface area contributed by atoms with Crippen LogP contribution in [0.4, 0.5) is 5.13 Å². The van der Waals surface area contributed by atoms with Gasteiger partial charge in [0.05, 0.1) is 11.9 Å². The summed E-state index contributed by atoms with van der Waals surface area (Å²) in [5.74, 6) is 0. The second kappa shape index (κ2) is 5.04. The van der Waals surface area contributed by atoms with Crippen LogP contribution in [0.15, 0.2) is 22.7 Å². The number of anilines is 1. The van der Waals surface area contributed by atoms with Gasteiger partial charge in [-0.25, -0.2) is 4.98 Å². The van der Waals surface area contributed by atoms with E-state index in [1.807, 2.05) is 19.4 Å². The van der Waals surface area contributed by atoms with E-state index in [9.17, 15) is 8.42 Å². The van der Waals surface area contributed by atoms with Crippen molar-refractivity contribution in [2.24, 2.45) is 0 Å². The third-order valence-corrected chi connectivity index (χ3v) is 4.56. The third kappa shape index (κ3) is 2.68. The van der Waals surface area contributed by atoms with E-state index in [0.717, 1.165) is 5.69 Å². The smallest absolute Gasteiger partial charge is 0.280 e. The van der Waals surface area contributed by atoms with Crippen LogP contribution < -0.4 is 10.0 Å². The van der Waals surface area contributed by atoms with Crippen LogP contribution in [-0.2, 0) is 10.0 Å². The SMILES string of the molecule is CNC(C)c1csc(NS(=O)(=O)c2ccn[nH]2)n1. The molecule has 0 aliphatic rings. The first-order valence-electron chi connectivity index (χ1n) is 5.18. The van der Waals surface area contributed by atoms with Crippen LogP contribution in [0.5, 0.6) is 0 Å². The summed E-state index contributed by atoms with van der Waals surface area (Å²) in [5, 5.41) is 11.2. The lowest BCUT2D eigenvalue weighted by atomic mass is 10.3. The fourth-order valence-corrected chi connectivity index (χ4v) is 3.21. The molecule has 1 unspecified atom stereocenters. The fourth-order valence-electron chi connectivity index (χ4n) is 1.24. The van der Waals surface area contributed by atoms with Gasteiger partial charge >= 0.3 is 0 Å². The molecule has 9 heteroatoms. The number of sulfonamides is 1. The van der Waals surface area contributed by atoms with Gasteiger partial charge in [0, 0.05) is 11.4 Å². The largest absolute Gasteiger partial charge is 0.312 e. The molecule has 2 heterocycles. The molecular formula is C9H13N5O2S2. The van der Waals surface area contributed by atoms with E-state index in [2.05, 4.69) is 25.2 Å². The lowest BCUT2D eigenvalue weighted by Gasteiger charge is -2.05. The molecule has 0 aliphatic carbocycles. The minimum atomic E-state index is -3.63. The molecule has 0 saturated carbocycles. The number of H-pyrrole nitrogens is 1. The Hall–Kier alpha value is -1.45. The van der Waals surface area contributed by atoms with Crippen LogP contribution in [0, 0.1) is 0 Å². The maximum Gasteiger partial charge on any atom is 0.280 e. The summed E-state index contributed by atoms with van der Waals surface area (Å²) in [7, 11) is -1.81. The monoisotopic (exact) mass is 287 g/mol. The second-order valence-electron chi connectivity index (χ2n) is 3.61. The Morgan fingerprint density at radius 3 is 2.89 bits per heavy atom. The zero-order valence-corrected chi connectivity index (χ0v) is 11.5. The van der Waals surface area contributed by atoms with E-state index in [0.29, 0.717) is 5.13 Å². The Morgan fingerprint density at radius 1 is 1.50 bits per heavy atom. The summed E-state index contributed by atoms with van der Waals surface area (Å²) in [6.45, 7) is 1.95. The number of nitrogens with one attached hydrogen (secondary N) is 3. The molecule has 0 bridgehead atoms. The van der Waals surface area contributed by atoms with Gasteiger partial charge in [-0.1, -0.05) is 0 Å². The van der Waals surface area contributed by atoms with E-state index in [4.69, 9.17) is 0 Å². The van der Waals surface area contributed by atoms with Crippen molar-refractivity contribution >= 4 is 26.5 Å². The molecular weight excluding hydrogens is 274 g/mol. The summed E-state index contributed by atoms with van der Waals surface area (Å²) < 4.78 is 26.2. The number of aromatic nitrogens is 3. The van der Waals surface area contributed by atoms with Gasteiger partial charge in [0.25, 0.3) is 10.0 Å². The zero-order valence-electron chi connectivity index (χ0n) is 9.84. The van der Waals surface area contributed by atoms with E-state index < -0.39 is 10.0 Å². The number of rotatable bonds is 5. The van der Waals surface area contributed by atoms with E-state index in [1.165, 1.54) is 23.6 Å². The highest BCUT2D eigenvalue weighted by molar-refractivity contribution is 7.92. The molecule has 1 atom stereocenters. The molecule has 7 nitrogen and oxygen atoms in total. The van der Waals surface area contributed by atoms with Gasteiger partial charge in [-0.05, 0) is 20.0 Å². The molecule has 2 aromatic heterocycles. The van der Waals surface area contributed by atoms with Gasteiger partial charge in [0.1, 0.15) is 0 Å². The van der Waals surface area contributed by atoms with Gasteiger partial charge in [-0.15, -0.1) is 11.3 Å². The van der Waals surface area contributed by atoms with Crippen LogP contribution in [0.2, 0.25) is 0 Å². The van der Waals surface area contributed by atoms with Crippen LogP contribution in [0.3, 0.4) is 0 Å². The van der Waals surface area contributed by atoms with E-state index >= 15 is 0 Å². The zero-order chi connectivity index (χ0) is 13.2. The molecule has 0 radical (unpaired) electrons. The minimum absolute atomic E-state index is 0.0147. The van der Waals surface area contributed by atoms with Gasteiger partial charge < -0.3 is 5.32 Å². The fraction of sp³-hybridized carbons (Fsp3) is 0.333. The normalized spacial score (nSPS) is 13.4. The Kier molecular flexibility index (Phi) is 3.64. The molecule has 2 aromatic rings. The van der Waals surface area contributed by atoms with Gasteiger partial charge in [-0.2, -0.15) is 13.5 Å². The van der Waals surface area contributed by atoms with E-state index in [-0.39, 0.29) is 11.1 Å². The summed E-state index contributed by atoms with van der Waals surface area (Å²) in [6.07, 6.45) is 1.38. The number of thiazole rings is 1. The highest BCUT2D eigenvalue weighted by atomic mass is 32.2. The van der Waals surface area contributed by atoms with Gasteiger partial charge in [-0.3, -0.25) is 9.82 Å². The first-order valence-corrected chi connectivity index (χ1v) is 7.54. The molecule has 0 amide bonds. The van der Waals surface area contributed by atoms with Crippen molar-refractivity contribution in [1.82, 2.24) is 20.5 Å². The highest BCUT2D eigenvalue weighted by Crippen LogP contribution is 2.22. The number of hydrogen-bond donors (Lipinski definition) is 3. The molecule has 98 valence electrons. The van der Waals surface area contributed by atoms with Crippen molar-refractivity contribution in [1.29, 1.82) is 0 Å². The van der Waals surface area contributed by atoms with Crippen molar-refractivity contribution < 1.29 is 8.42 Å². The van der Waals surface area contributed by atoms with Crippen molar-refractivity contribution in [3.05, 3.63) is 23.3 Å². The quantitative estimate of drug-likeness (QED) is 0.760. The third-order valence-electron chi connectivity index (χ3n) is 2.38. The molecule has 0 saturated heterocycles. The minimum Gasteiger partial charge on any atom is -0.312 e. The summed E-state index contributed by atoms with van der Waals surface area (Å²) >= 11 is 1.24. The predicted octanol–water partition coefficient (Wildman–Crippen LogP) is 0.947.